The van der Waals surface area contributed by atoms with Gasteiger partial charge in [-0.2, -0.15) is 0 Å². The first kappa shape index (κ1) is 20.9. The Kier molecular flexibility index (Phi) is 5.68. The molecule has 0 fully saturated rings. The summed E-state index contributed by atoms with van der Waals surface area (Å²) in [6.07, 6.45) is 0. The topological polar surface area (TPSA) is 92.3 Å². The third kappa shape index (κ3) is 4.96. The molecule has 3 rings (SSSR count). The van der Waals surface area contributed by atoms with Gasteiger partial charge in [0.25, 0.3) is 20.0 Å². The van der Waals surface area contributed by atoms with E-state index < -0.39 is 20.0 Å². The van der Waals surface area contributed by atoms with E-state index >= 15 is 0 Å². The van der Waals surface area contributed by atoms with Crippen LogP contribution in [-0.4, -0.2) is 16.8 Å². The third-order valence-electron chi connectivity index (χ3n) is 4.51. The van der Waals surface area contributed by atoms with Crippen molar-refractivity contribution in [1.29, 1.82) is 0 Å². The van der Waals surface area contributed by atoms with E-state index in [1.807, 2.05) is 26.8 Å². The smallest absolute Gasteiger partial charge is 0.261 e. The van der Waals surface area contributed by atoms with Crippen molar-refractivity contribution in [1.82, 2.24) is 0 Å². The predicted molar refractivity (Wildman–Crippen MR) is 115 cm³/mol. The fraction of sp³-hybridized carbons (Fsp3) is 0.143. The summed E-state index contributed by atoms with van der Waals surface area (Å²) in [5.41, 5.74) is 3.74. The summed E-state index contributed by atoms with van der Waals surface area (Å²) in [7, 11) is -7.54. The first-order valence-corrected chi connectivity index (χ1v) is 11.8. The van der Waals surface area contributed by atoms with Gasteiger partial charge in [0, 0.05) is 11.4 Å². The van der Waals surface area contributed by atoms with Gasteiger partial charge in [0.2, 0.25) is 0 Å². The van der Waals surface area contributed by atoms with E-state index in [2.05, 4.69) is 9.44 Å². The molecule has 0 heterocycles. The highest BCUT2D eigenvalue weighted by Gasteiger charge is 2.17. The van der Waals surface area contributed by atoms with Crippen molar-refractivity contribution >= 4 is 31.4 Å². The molecule has 0 saturated carbocycles. The summed E-state index contributed by atoms with van der Waals surface area (Å²) in [6, 6.07) is 17.3. The van der Waals surface area contributed by atoms with E-state index in [1.165, 1.54) is 36.4 Å². The van der Waals surface area contributed by atoms with Crippen molar-refractivity contribution < 1.29 is 16.8 Å². The normalized spacial score (nSPS) is 11.8. The number of anilines is 2. The average molecular weight is 431 g/mol. The number of aryl methyl sites for hydroxylation is 3. The molecule has 0 bridgehead atoms. The molecule has 152 valence electrons. The Bertz CT molecular complexity index is 1230. The lowest BCUT2D eigenvalue weighted by atomic mass is 10.1. The van der Waals surface area contributed by atoms with Crippen molar-refractivity contribution in [3.05, 3.63) is 83.4 Å². The van der Waals surface area contributed by atoms with Crippen molar-refractivity contribution in [2.45, 2.75) is 30.6 Å². The second-order valence-corrected chi connectivity index (χ2v) is 10.2. The van der Waals surface area contributed by atoms with Gasteiger partial charge in [0.15, 0.2) is 0 Å². The van der Waals surface area contributed by atoms with E-state index in [-0.39, 0.29) is 15.5 Å². The van der Waals surface area contributed by atoms with Crippen LogP contribution in [-0.2, 0) is 20.0 Å². The molecule has 0 saturated heterocycles. The molecule has 0 aliphatic heterocycles. The lowest BCUT2D eigenvalue weighted by molar-refractivity contribution is 0.600. The molecule has 3 aromatic carbocycles. The minimum atomic E-state index is -3.79. The molecule has 6 nitrogen and oxygen atoms in total. The second kappa shape index (κ2) is 7.88. The van der Waals surface area contributed by atoms with Crippen molar-refractivity contribution in [3.63, 3.8) is 0 Å². The Balaban J connectivity index is 1.78. The Hall–Kier alpha value is -2.84. The molecular weight excluding hydrogens is 408 g/mol. The summed E-state index contributed by atoms with van der Waals surface area (Å²) in [5.74, 6) is 0. The minimum Gasteiger partial charge on any atom is -0.280 e. The first-order chi connectivity index (χ1) is 13.6. The van der Waals surface area contributed by atoms with Crippen molar-refractivity contribution in [3.8, 4) is 0 Å². The van der Waals surface area contributed by atoms with Gasteiger partial charge >= 0.3 is 0 Å². The average Bonchev–Trinajstić information content (AvgIpc) is 2.65. The maximum atomic E-state index is 12.6. The molecule has 0 radical (unpaired) electrons. The largest absolute Gasteiger partial charge is 0.280 e. The SMILES string of the molecule is Cc1ccc(S(=O)(=O)Nc2ccc(S(=O)(=O)Nc3ccc(C)c(C)c3)cc2)cc1. The van der Waals surface area contributed by atoms with Crippen LogP contribution in [0.15, 0.2) is 76.5 Å². The highest BCUT2D eigenvalue weighted by Crippen LogP contribution is 2.22. The fourth-order valence-corrected chi connectivity index (χ4v) is 4.76. The van der Waals surface area contributed by atoms with Gasteiger partial charge in [0.1, 0.15) is 0 Å². The monoisotopic (exact) mass is 430 g/mol. The third-order valence-corrected chi connectivity index (χ3v) is 7.30. The van der Waals surface area contributed by atoms with Crippen LogP contribution < -0.4 is 9.44 Å². The summed E-state index contributed by atoms with van der Waals surface area (Å²) in [6.45, 7) is 5.72. The molecule has 2 N–H and O–H groups in total. The van der Waals surface area contributed by atoms with E-state index in [0.29, 0.717) is 5.69 Å². The summed E-state index contributed by atoms with van der Waals surface area (Å²) >= 11 is 0. The summed E-state index contributed by atoms with van der Waals surface area (Å²) in [4.78, 5) is 0.171. The van der Waals surface area contributed by atoms with E-state index in [0.717, 1.165) is 16.7 Å². The first-order valence-electron chi connectivity index (χ1n) is 8.86. The van der Waals surface area contributed by atoms with Crippen LogP contribution in [0.1, 0.15) is 16.7 Å². The molecule has 0 aliphatic rings. The fourth-order valence-electron chi connectivity index (χ4n) is 2.65. The zero-order valence-electron chi connectivity index (χ0n) is 16.3. The standard InChI is InChI=1S/C21H22N2O4S2/c1-15-4-10-20(11-5-15)28(24,25)22-18-8-12-21(13-9-18)29(26,27)23-19-7-6-16(2)17(3)14-19/h4-14,22-23H,1-3H3. The van der Waals surface area contributed by atoms with Gasteiger partial charge in [-0.05, 0) is 80.4 Å². The Morgan fingerprint density at radius 3 is 1.52 bits per heavy atom. The molecule has 0 aromatic heterocycles. The van der Waals surface area contributed by atoms with Crippen LogP contribution in [0.5, 0.6) is 0 Å². The number of nitrogens with one attached hydrogen (secondary N) is 2. The molecular formula is C21H22N2O4S2. The van der Waals surface area contributed by atoms with Gasteiger partial charge in [-0.3, -0.25) is 9.44 Å². The molecule has 8 heteroatoms. The van der Waals surface area contributed by atoms with Crippen LogP contribution in [0.2, 0.25) is 0 Å². The van der Waals surface area contributed by atoms with Crippen LogP contribution in [0.25, 0.3) is 0 Å². The highest BCUT2D eigenvalue weighted by atomic mass is 32.2. The van der Waals surface area contributed by atoms with Gasteiger partial charge in [-0.1, -0.05) is 23.8 Å². The van der Waals surface area contributed by atoms with Gasteiger partial charge in [-0.25, -0.2) is 16.8 Å². The van der Waals surface area contributed by atoms with Gasteiger partial charge in [-0.15, -0.1) is 0 Å². The molecule has 3 aromatic rings. The Labute approximate surface area is 171 Å². The maximum absolute atomic E-state index is 12.6. The quantitative estimate of drug-likeness (QED) is 0.613. The predicted octanol–water partition coefficient (Wildman–Crippen LogP) is 4.21. The number of sulfonamides is 2. The van der Waals surface area contributed by atoms with Gasteiger partial charge < -0.3 is 0 Å². The lowest BCUT2D eigenvalue weighted by Crippen LogP contribution is -2.14. The number of hydrogen-bond acceptors (Lipinski definition) is 4. The summed E-state index contributed by atoms with van der Waals surface area (Å²) < 4.78 is 55.1. The Morgan fingerprint density at radius 2 is 1.00 bits per heavy atom. The Morgan fingerprint density at radius 1 is 0.552 bits per heavy atom. The van der Waals surface area contributed by atoms with E-state index in [4.69, 9.17) is 0 Å². The zero-order valence-corrected chi connectivity index (χ0v) is 17.9. The summed E-state index contributed by atoms with van der Waals surface area (Å²) in [5, 5.41) is 0. The van der Waals surface area contributed by atoms with Crippen LogP contribution in [0, 0.1) is 20.8 Å². The maximum Gasteiger partial charge on any atom is 0.261 e. The molecule has 0 aliphatic carbocycles. The van der Waals surface area contributed by atoms with Crippen LogP contribution in [0.4, 0.5) is 11.4 Å². The van der Waals surface area contributed by atoms with E-state index in [1.54, 1.807) is 24.3 Å². The number of rotatable bonds is 6. The molecule has 0 spiro atoms. The highest BCUT2D eigenvalue weighted by molar-refractivity contribution is 7.93. The van der Waals surface area contributed by atoms with Gasteiger partial charge in [0.05, 0.1) is 9.79 Å². The minimum absolute atomic E-state index is 0.0361. The molecule has 0 atom stereocenters. The second-order valence-electron chi connectivity index (χ2n) is 6.85. The molecule has 0 amide bonds. The molecule has 29 heavy (non-hydrogen) atoms. The zero-order chi connectivity index (χ0) is 21.2. The lowest BCUT2D eigenvalue weighted by Gasteiger charge is -2.11. The number of hydrogen-bond donors (Lipinski definition) is 2. The van der Waals surface area contributed by atoms with E-state index in [9.17, 15) is 16.8 Å². The van der Waals surface area contributed by atoms with Crippen molar-refractivity contribution in [2.24, 2.45) is 0 Å². The van der Waals surface area contributed by atoms with Crippen molar-refractivity contribution in [2.75, 3.05) is 9.44 Å². The number of benzene rings is 3. The van der Waals surface area contributed by atoms with Crippen LogP contribution in [0.3, 0.4) is 0 Å². The molecule has 0 unspecified atom stereocenters. The van der Waals surface area contributed by atoms with Crippen LogP contribution >= 0.6 is 0 Å².